The third kappa shape index (κ3) is 4.36. The van der Waals surface area contributed by atoms with Gasteiger partial charge in [-0.2, -0.15) is 4.98 Å². The van der Waals surface area contributed by atoms with E-state index in [0.717, 1.165) is 11.3 Å². The van der Waals surface area contributed by atoms with E-state index in [-0.39, 0.29) is 12.4 Å². The average molecular weight is 423 g/mol. The molecule has 2 aromatic carbocycles. The molecule has 2 amide bonds. The summed E-state index contributed by atoms with van der Waals surface area (Å²) >= 11 is 1.41. The van der Waals surface area contributed by atoms with Crippen molar-refractivity contribution < 1.29 is 14.0 Å². The second kappa shape index (κ2) is 8.42. The van der Waals surface area contributed by atoms with Gasteiger partial charge in [0.25, 0.3) is 0 Å². The average Bonchev–Trinajstić information content (AvgIpc) is 3.29. The summed E-state index contributed by atoms with van der Waals surface area (Å²) in [5.41, 5.74) is 2.99. The first-order valence-corrected chi connectivity index (χ1v) is 10.1. The maximum atomic E-state index is 13.4. The first kappa shape index (κ1) is 19.7. The van der Waals surface area contributed by atoms with Crippen molar-refractivity contribution in [2.75, 3.05) is 11.9 Å². The number of nitrogens with zero attached hydrogens (tertiary/aromatic N) is 3. The first-order chi connectivity index (χ1) is 14.5. The number of thiazole rings is 1. The molecule has 0 saturated carbocycles. The molecular formula is C21H18FN5O2S. The molecule has 0 aliphatic carbocycles. The van der Waals surface area contributed by atoms with Crippen molar-refractivity contribution in [2.45, 2.75) is 13.3 Å². The second-order valence-corrected chi connectivity index (χ2v) is 7.53. The SMILES string of the molecule is Cc1cccc(NC(=O)C(=O)NCCc2csc3nc(-c4cccc(F)c4)nn23)c1. The fraction of sp³-hybridized carbons (Fsp3) is 0.143. The van der Waals surface area contributed by atoms with E-state index in [1.807, 2.05) is 18.4 Å². The van der Waals surface area contributed by atoms with Crippen LogP contribution in [0.3, 0.4) is 0 Å². The second-order valence-electron chi connectivity index (χ2n) is 6.70. The number of hydrogen-bond acceptors (Lipinski definition) is 5. The minimum Gasteiger partial charge on any atom is -0.347 e. The van der Waals surface area contributed by atoms with Crippen LogP contribution in [0.2, 0.25) is 0 Å². The van der Waals surface area contributed by atoms with E-state index in [4.69, 9.17) is 0 Å². The molecule has 0 spiro atoms. The zero-order valence-electron chi connectivity index (χ0n) is 16.1. The minimum atomic E-state index is -0.717. The van der Waals surface area contributed by atoms with Crippen molar-refractivity contribution >= 4 is 33.8 Å². The molecule has 30 heavy (non-hydrogen) atoms. The van der Waals surface area contributed by atoms with Crippen LogP contribution in [0.5, 0.6) is 0 Å². The highest BCUT2D eigenvalue weighted by Gasteiger charge is 2.15. The van der Waals surface area contributed by atoms with E-state index in [0.29, 0.717) is 28.5 Å². The predicted molar refractivity (Wildman–Crippen MR) is 113 cm³/mol. The van der Waals surface area contributed by atoms with Crippen LogP contribution in [-0.2, 0) is 16.0 Å². The maximum Gasteiger partial charge on any atom is 0.313 e. The lowest BCUT2D eigenvalue weighted by molar-refractivity contribution is -0.136. The lowest BCUT2D eigenvalue weighted by Gasteiger charge is -2.07. The molecule has 2 N–H and O–H groups in total. The smallest absolute Gasteiger partial charge is 0.313 e. The lowest BCUT2D eigenvalue weighted by atomic mass is 10.2. The van der Waals surface area contributed by atoms with Crippen LogP contribution < -0.4 is 10.6 Å². The van der Waals surface area contributed by atoms with Gasteiger partial charge in [0.05, 0.1) is 5.69 Å². The summed E-state index contributed by atoms with van der Waals surface area (Å²) in [4.78, 5) is 29.2. The van der Waals surface area contributed by atoms with Crippen molar-refractivity contribution in [3.05, 3.63) is 71.0 Å². The number of aromatic nitrogens is 3. The van der Waals surface area contributed by atoms with Crippen LogP contribution in [0.15, 0.2) is 53.9 Å². The number of hydrogen-bond donors (Lipinski definition) is 2. The third-order valence-electron chi connectivity index (χ3n) is 4.38. The first-order valence-electron chi connectivity index (χ1n) is 9.24. The molecule has 0 aliphatic rings. The normalized spacial score (nSPS) is 10.9. The van der Waals surface area contributed by atoms with Gasteiger partial charge >= 0.3 is 11.8 Å². The van der Waals surface area contributed by atoms with Crippen molar-refractivity contribution in [1.29, 1.82) is 0 Å². The Hall–Kier alpha value is -3.59. The summed E-state index contributed by atoms with van der Waals surface area (Å²) in [6.07, 6.45) is 0.468. The zero-order valence-corrected chi connectivity index (χ0v) is 16.9. The maximum absolute atomic E-state index is 13.4. The van der Waals surface area contributed by atoms with Gasteiger partial charge in [-0.3, -0.25) is 9.59 Å². The summed E-state index contributed by atoms with van der Waals surface area (Å²) in [5, 5.41) is 11.5. The summed E-state index contributed by atoms with van der Waals surface area (Å²) in [6.45, 7) is 2.17. The van der Waals surface area contributed by atoms with Gasteiger partial charge in [0.1, 0.15) is 5.82 Å². The van der Waals surface area contributed by atoms with Crippen LogP contribution in [0.1, 0.15) is 11.3 Å². The highest BCUT2D eigenvalue weighted by Crippen LogP contribution is 2.21. The molecule has 0 aliphatic heterocycles. The molecule has 0 unspecified atom stereocenters. The molecule has 7 nitrogen and oxygen atoms in total. The number of carbonyl (C=O) groups is 2. The van der Waals surface area contributed by atoms with Gasteiger partial charge < -0.3 is 10.6 Å². The standard InChI is InChI=1S/C21H18FN5O2S/c1-13-4-2-7-16(10-13)24-20(29)19(28)23-9-8-17-12-30-21-25-18(26-27(17)21)14-5-3-6-15(22)11-14/h2-7,10-12H,8-9H2,1H3,(H,23,28)(H,24,29). The van der Waals surface area contributed by atoms with Gasteiger partial charge in [0.15, 0.2) is 5.82 Å². The van der Waals surface area contributed by atoms with Gasteiger partial charge in [-0.15, -0.1) is 16.4 Å². The zero-order chi connectivity index (χ0) is 21.1. The number of amides is 2. The molecule has 4 aromatic rings. The van der Waals surface area contributed by atoms with Gasteiger partial charge in [-0.25, -0.2) is 8.91 Å². The number of carbonyl (C=O) groups excluding carboxylic acids is 2. The third-order valence-corrected chi connectivity index (χ3v) is 5.25. The van der Waals surface area contributed by atoms with E-state index in [1.54, 1.807) is 34.8 Å². The Labute approximate surface area is 175 Å². The van der Waals surface area contributed by atoms with E-state index in [1.165, 1.54) is 23.5 Å². The molecule has 9 heteroatoms. The Bertz CT molecular complexity index is 1230. The molecule has 2 heterocycles. The summed E-state index contributed by atoms with van der Waals surface area (Å²) < 4.78 is 15.1. The van der Waals surface area contributed by atoms with E-state index in [9.17, 15) is 14.0 Å². The van der Waals surface area contributed by atoms with E-state index in [2.05, 4.69) is 20.7 Å². The molecule has 4 rings (SSSR count). The highest BCUT2D eigenvalue weighted by molar-refractivity contribution is 7.15. The van der Waals surface area contributed by atoms with Crippen LogP contribution in [0, 0.1) is 12.7 Å². The van der Waals surface area contributed by atoms with E-state index < -0.39 is 11.8 Å². The number of rotatable bonds is 5. The van der Waals surface area contributed by atoms with Crippen LogP contribution >= 0.6 is 11.3 Å². The summed E-state index contributed by atoms with van der Waals surface area (Å²) in [6, 6.07) is 13.3. The van der Waals surface area contributed by atoms with Crippen molar-refractivity contribution in [2.24, 2.45) is 0 Å². The number of benzene rings is 2. The van der Waals surface area contributed by atoms with Crippen LogP contribution in [0.25, 0.3) is 16.3 Å². The monoisotopic (exact) mass is 423 g/mol. The summed E-state index contributed by atoms with van der Waals surface area (Å²) in [7, 11) is 0. The molecule has 0 fully saturated rings. The Morgan fingerprint density at radius 3 is 2.77 bits per heavy atom. The minimum absolute atomic E-state index is 0.265. The lowest BCUT2D eigenvalue weighted by Crippen LogP contribution is -2.36. The van der Waals surface area contributed by atoms with Gasteiger partial charge in [-0.1, -0.05) is 24.3 Å². The number of anilines is 1. The molecule has 2 aromatic heterocycles. The highest BCUT2D eigenvalue weighted by atomic mass is 32.1. The van der Waals surface area contributed by atoms with Gasteiger partial charge in [0.2, 0.25) is 4.96 Å². The predicted octanol–water partition coefficient (Wildman–Crippen LogP) is 3.20. The Morgan fingerprint density at radius 2 is 1.97 bits per heavy atom. The van der Waals surface area contributed by atoms with Crippen molar-refractivity contribution in [3.8, 4) is 11.4 Å². The number of halogens is 1. The Morgan fingerprint density at radius 1 is 1.13 bits per heavy atom. The van der Waals surface area contributed by atoms with Gasteiger partial charge in [0, 0.05) is 29.6 Å². The molecule has 0 radical (unpaired) electrons. The fourth-order valence-electron chi connectivity index (χ4n) is 2.94. The number of nitrogens with one attached hydrogen (secondary N) is 2. The quantitative estimate of drug-likeness (QED) is 0.483. The van der Waals surface area contributed by atoms with E-state index >= 15 is 0 Å². The summed E-state index contributed by atoms with van der Waals surface area (Å²) in [5.74, 6) is -1.34. The largest absolute Gasteiger partial charge is 0.347 e. The van der Waals surface area contributed by atoms with Crippen molar-refractivity contribution in [1.82, 2.24) is 19.9 Å². The van der Waals surface area contributed by atoms with Gasteiger partial charge in [-0.05, 0) is 36.8 Å². The molecule has 0 bridgehead atoms. The van der Waals surface area contributed by atoms with Crippen molar-refractivity contribution in [3.63, 3.8) is 0 Å². The Balaban J connectivity index is 1.37. The number of fused-ring (bicyclic) bond motifs is 1. The fourth-order valence-corrected chi connectivity index (χ4v) is 3.80. The topological polar surface area (TPSA) is 88.4 Å². The molecular weight excluding hydrogens is 405 g/mol. The van der Waals surface area contributed by atoms with Crippen LogP contribution in [0.4, 0.5) is 10.1 Å². The molecule has 0 atom stereocenters. The van der Waals surface area contributed by atoms with Crippen LogP contribution in [-0.4, -0.2) is 33.0 Å². The molecule has 0 saturated heterocycles. The number of aryl methyl sites for hydroxylation is 1. The molecule has 152 valence electrons. The Kier molecular flexibility index (Phi) is 5.53.